The molecule has 82 valence electrons. The van der Waals surface area contributed by atoms with E-state index in [2.05, 4.69) is 10.2 Å². The average molecular weight is 198 g/mol. The van der Waals surface area contributed by atoms with E-state index in [1.165, 1.54) is 32.4 Å². The summed E-state index contributed by atoms with van der Waals surface area (Å²) >= 11 is 0. The highest BCUT2D eigenvalue weighted by Crippen LogP contribution is 2.27. The van der Waals surface area contributed by atoms with Crippen molar-refractivity contribution in [3.63, 3.8) is 0 Å². The summed E-state index contributed by atoms with van der Waals surface area (Å²) in [7, 11) is 1.77. The van der Waals surface area contributed by atoms with Crippen LogP contribution in [-0.2, 0) is 4.74 Å². The molecule has 0 saturated carbocycles. The van der Waals surface area contributed by atoms with Crippen LogP contribution in [0.1, 0.15) is 25.7 Å². The van der Waals surface area contributed by atoms with E-state index in [9.17, 15) is 0 Å². The van der Waals surface area contributed by atoms with Crippen molar-refractivity contribution in [2.45, 2.75) is 37.8 Å². The topological polar surface area (TPSA) is 24.5 Å². The van der Waals surface area contributed by atoms with Gasteiger partial charge in [-0.2, -0.15) is 0 Å². The van der Waals surface area contributed by atoms with Crippen molar-refractivity contribution in [2.24, 2.45) is 0 Å². The molecule has 3 heteroatoms. The Kier molecular flexibility index (Phi) is 3.79. The third-order valence-electron chi connectivity index (χ3n) is 3.54. The Morgan fingerprint density at radius 1 is 1.36 bits per heavy atom. The van der Waals surface area contributed by atoms with Gasteiger partial charge in [-0.1, -0.05) is 0 Å². The molecule has 0 radical (unpaired) electrons. The fourth-order valence-electron chi connectivity index (χ4n) is 2.82. The minimum Gasteiger partial charge on any atom is -0.385 e. The van der Waals surface area contributed by atoms with Crippen molar-refractivity contribution >= 4 is 0 Å². The van der Waals surface area contributed by atoms with Crippen molar-refractivity contribution in [3.8, 4) is 0 Å². The molecule has 2 aliphatic heterocycles. The van der Waals surface area contributed by atoms with Gasteiger partial charge in [-0.05, 0) is 38.8 Å². The highest BCUT2D eigenvalue weighted by Gasteiger charge is 2.36. The first-order valence-corrected chi connectivity index (χ1v) is 5.88. The number of hydrogen-bond acceptors (Lipinski definition) is 3. The first-order chi connectivity index (χ1) is 6.92. The van der Waals surface area contributed by atoms with Gasteiger partial charge in [0.1, 0.15) is 0 Å². The van der Waals surface area contributed by atoms with E-state index in [0.717, 1.165) is 31.7 Å². The van der Waals surface area contributed by atoms with Crippen LogP contribution in [0.2, 0.25) is 0 Å². The third-order valence-corrected chi connectivity index (χ3v) is 3.54. The standard InChI is InChI=1S/C11H22N2O/c1-14-9-3-6-12-10-5-8-13-7-2-4-11(10)13/h10-12H,2-9H2,1H3. The molecule has 3 nitrogen and oxygen atoms in total. The summed E-state index contributed by atoms with van der Waals surface area (Å²) in [5, 5.41) is 3.67. The highest BCUT2D eigenvalue weighted by atomic mass is 16.5. The Morgan fingerprint density at radius 2 is 2.29 bits per heavy atom. The number of hydrogen-bond donors (Lipinski definition) is 1. The predicted octanol–water partition coefficient (Wildman–Crippen LogP) is 0.849. The van der Waals surface area contributed by atoms with E-state index in [-0.39, 0.29) is 0 Å². The lowest BCUT2D eigenvalue weighted by molar-refractivity contribution is 0.192. The molecular weight excluding hydrogens is 176 g/mol. The zero-order valence-electron chi connectivity index (χ0n) is 9.17. The molecule has 2 atom stereocenters. The Morgan fingerprint density at radius 3 is 3.14 bits per heavy atom. The van der Waals surface area contributed by atoms with Gasteiger partial charge in [-0.15, -0.1) is 0 Å². The lowest BCUT2D eigenvalue weighted by atomic mass is 10.1. The number of nitrogens with one attached hydrogen (secondary N) is 1. The molecule has 2 rings (SSSR count). The van der Waals surface area contributed by atoms with Crippen molar-refractivity contribution in [2.75, 3.05) is 33.4 Å². The van der Waals surface area contributed by atoms with E-state index in [0.29, 0.717) is 0 Å². The summed E-state index contributed by atoms with van der Waals surface area (Å²) in [6.45, 7) is 4.64. The molecule has 0 amide bonds. The average Bonchev–Trinajstić information content (AvgIpc) is 2.75. The van der Waals surface area contributed by atoms with Gasteiger partial charge in [0, 0.05) is 32.3 Å². The van der Waals surface area contributed by atoms with Crippen LogP contribution in [0.25, 0.3) is 0 Å². The minimum absolute atomic E-state index is 0.759. The maximum Gasteiger partial charge on any atom is 0.0474 e. The molecule has 2 aliphatic rings. The fourth-order valence-corrected chi connectivity index (χ4v) is 2.82. The monoisotopic (exact) mass is 198 g/mol. The van der Waals surface area contributed by atoms with Gasteiger partial charge in [-0.25, -0.2) is 0 Å². The SMILES string of the molecule is COCCCNC1CCN2CCCC12. The smallest absolute Gasteiger partial charge is 0.0474 e. The fraction of sp³-hybridized carbons (Fsp3) is 1.00. The van der Waals surface area contributed by atoms with Crippen molar-refractivity contribution in [1.29, 1.82) is 0 Å². The molecule has 14 heavy (non-hydrogen) atoms. The number of fused-ring (bicyclic) bond motifs is 1. The van der Waals surface area contributed by atoms with Crippen LogP contribution in [-0.4, -0.2) is 50.3 Å². The molecule has 0 aromatic carbocycles. The second-order valence-electron chi connectivity index (χ2n) is 4.44. The second kappa shape index (κ2) is 5.10. The van der Waals surface area contributed by atoms with Gasteiger partial charge in [0.15, 0.2) is 0 Å². The molecule has 1 N–H and O–H groups in total. The normalized spacial score (nSPS) is 32.4. The summed E-state index contributed by atoms with van der Waals surface area (Å²) in [4.78, 5) is 2.65. The molecule has 0 aromatic heterocycles. The lowest BCUT2D eigenvalue weighted by Gasteiger charge is -2.21. The lowest BCUT2D eigenvalue weighted by Crippen LogP contribution is -2.39. The van der Waals surface area contributed by atoms with E-state index in [1.54, 1.807) is 7.11 Å². The van der Waals surface area contributed by atoms with Crippen molar-refractivity contribution in [3.05, 3.63) is 0 Å². The number of nitrogens with zero attached hydrogens (tertiary/aromatic N) is 1. The summed E-state index contributed by atoms with van der Waals surface area (Å²) in [5.41, 5.74) is 0. The quantitative estimate of drug-likeness (QED) is 0.663. The molecular formula is C11H22N2O. The third kappa shape index (κ3) is 2.27. The van der Waals surface area contributed by atoms with E-state index >= 15 is 0 Å². The first-order valence-electron chi connectivity index (χ1n) is 5.88. The van der Waals surface area contributed by atoms with Crippen LogP contribution < -0.4 is 5.32 Å². The van der Waals surface area contributed by atoms with Crippen molar-refractivity contribution < 1.29 is 4.74 Å². The maximum absolute atomic E-state index is 5.04. The summed E-state index contributed by atoms with van der Waals surface area (Å²) < 4.78 is 5.04. The molecule has 2 fully saturated rings. The van der Waals surface area contributed by atoms with Crippen LogP contribution in [0.5, 0.6) is 0 Å². The van der Waals surface area contributed by atoms with Crippen LogP contribution in [0.4, 0.5) is 0 Å². The van der Waals surface area contributed by atoms with E-state index in [4.69, 9.17) is 4.74 Å². The second-order valence-corrected chi connectivity index (χ2v) is 4.44. The Labute approximate surface area is 86.8 Å². The Hall–Kier alpha value is -0.120. The minimum atomic E-state index is 0.759. The zero-order valence-corrected chi connectivity index (χ0v) is 9.17. The molecule has 2 heterocycles. The first kappa shape index (κ1) is 10.4. The summed E-state index contributed by atoms with van der Waals surface area (Å²) in [6, 6.07) is 1.60. The molecule has 0 aromatic rings. The molecule has 2 unspecified atom stereocenters. The largest absolute Gasteiger partial charge is 0.385 e. The van der Waals surface area contributed by atoms with Gasteiger partial charge < -0.3 is 10.1 Å². The summed E-state index contributed by atoms with van der Waals surface area (Å²) in [5.74, 6) is 0. The summed E-state index contributed by atoms with van der Waals surface area (Å²) in [6.07, 6.45) is 5.29. The van der Waals surface area contributed by atoms with Gasteiger partial charge in [-0.3, -0.25) is 4.90 Å². The van der Waals surface area contributed by atoms with Gasteiger partial charge >= 0.3 is 0 Å². The predicted molar refractivity (Wildman–Crippen MR) is 57.5 cm³/mol. The van der Waals surface area contributed by atoms with E-state index in [1.807, 2.05) is 0 Å². The highest BCUT2D eigenvalue weighted by molar-refractivity contribution is 4.95. The van der Waals surface area contributed by atoms with Crippen LogP contribution in [0.3, 0.4) is 0 Å². The van der Waals surface area contributed by atoms with Crippen LogP contribution >= 0.6 is 0 Å². The number of ether oxygens (including phenoxy) is 1. The van der Waals surface area contributed by atoms with Gasteiger partial charge in [0.05, 0.1) is 0 Å². The van der Waals surface area contributed by atoms with E-state index < -0.39 is 0 Å². The molecule has 0 bridgehead atoms. The van der Waals surface area contributed by atoms with Crippen LogP contribution in [0.15, 0.2) is 0 Å². The molecule has 0 spiro atoms. The molecule has 0 aliphatic carbocycles. The molecule has 2 saturated heterocycles. The zero-order chi connectivity index (χ0) is 9.80. The van der Waals surface area contributed by atoms with Gasteiger partial charge in [0.2, 0.25) is 0 Å². The number of methoxy groups -OCH3 is 1. The van der Waals surface area contributed by atoms with Gasteiger partial charge in [0.25, 0.3) is 0 Å². The maximum atomic E-state index is 5.04. The van der Waals surface area contributed by atoms with Crippen molar-refractivity contribution in [1.82, 2.24) is 10.2 Å². The Balaban J connectivity index is 1.66. The Bertz CT molecular complexity index is 175. The number of rotatable bonds is 5. The van der Waals surface area contributed by atoms with Crippen LogP contribution in [0, 0.1) is 0 Å².